The summed E-state index contributed by atoms with van der Waals surface area (Å²) in [7, 11) is -2.39. The van der Waals surface area contributed by atoms with Crippen LogP contribution in [0.2, 0.25) is 0 Å². The molecule has 0 unspecified atom stereocenters. The number of rotatable bonds is 3. The molecule has 0 aromatic carbocycles. The van der Waals surface area contributed by atoms with E-state index in [-0.39, 0.29) is 4.21 Å². The van der Waals surface area contributed by atoms with E-state index < -0.39 is 20.6 Å². The average molecular weight is 325 g/mol. The molecule has 1 aliphatic carbocycles. The number of sulfone groups is 1. The number of carbonyl (C=O) groups is 1. The van der Waals surface area contributed by atoms with E-state index in [1.54, 1.807) is 6.07 Å². The highest BCUT2D eigenvalue weighted by Gasteiger charge is 2.62. The van der Waals surface area contributed by atoms with Crippen LogP contribution in [0.25, 0.3) is 0 Å². The van der Waals surface area contributed by atoms with Gasteiger partial charge in [0.1, 0.15) is 4.21 Å². The highest BCUT2D eigenvalue weighted by molar-refractivity contribution is 9.11. The summed E-state index contributed by atoms with van der Waals surface area (Å²) >= 11 is 4.31. The lowest BCUT2D eigenvalue weighted by Gasteiger charge is -2.11. The van der Waals surface area contributed by atoms with Crippen molar-refractivity contribution >= 4 is 43.1 Å². The molecule has 0 radical (unpaired) electrons. The van der Waals surface area contributed by atoms with Crippen molar-refractivity contribution in [1.29, 1.82) is 0 Å². The fraction of sp³-hybridized carbons (Fsp3) is 0.444. The van der Waals surface area contributed by atoms with Crippen LogP contribution in [-0.2, 0) is 19.4 Å². The van der Waals surface area contributed by atoms with E-state index in [0.717, 1.165) is 15.1 Å². The Hall–Kier alpha value is -0.400. The average Bonchev–Trinajstić information content (AvgIpc) is 2.95. The topological polar surface area (TPSA) is 60.4 Å². The van der Waals surface area contributed by atoms with Gasteiger partial charge in [0.05, 0.1) is 10.9 Å². The molecule has 0 spiro atoms. The van der Waals surface area contributed by atoms with E-state index in [2.05, 4.69) is 20.7 Å². The first kappa shape index (κ1) is 12.1. The number of ether oxygens (including phenoxy) is 1. The van der Waals surface area contributed by atoms with Gasteiger partial charge in [0.2, 0.25) is 9.84 Å². The standard InChI is InChI=1S/C9H9BrO4S2/c1-14-8(11)9(4-5-9)16(12,13)7-3-2-6(10)15-7/h2-3H,4-5H2,1H3. The number of hydrogen-bond acceptors (Lipinski definition) is 5. The lowest BCUT2D eigenvalue weighted by molar-refractivity contribution is -0.140. The first-order valence-corrected chi connectivity index (χ1v) is 7.62. The maximum atomic E-state index is 12.2. The van der Waals surface area contributed by atoms with Crippen molar-refractivity contribution in [2.45, 2.75) is 21.8 Å². The Morgan fingerprint density at radius 3 is 2.50 bits per heavy atom. The molecule has 7 heteroatoms. The Kier molecular flexibility index (Phi) is 2.88. The highest BCUT2D eigenvalue weighted by atomic mass is 79.9. The van der Waals surface area contributed by atoms with Crippen LogP contribution < -0.4 is 0 Å². The quantitative estimate of drug-likeness (QED) is 0.798. The summed E-state index contributed by atoms with van der Waals surface area (Å²) in [5.41, 5.74) is 0. The Bertz CT molecular complexity index is 527. The third kappa shape index (κ3) is 1.61. The number of esters is 1. The van der Waals surface area contributed by atoms with Gasteiger partial charge in [0.15, 0.2) is 4.75 Å². The zero-order chi connectivity index (χ0) is 12.0. The van der Waals surface area contributed by atoms with Crippen molar-refractivity contribution in [3.63, 3.8) is 0 Å². The zero-order valence-electron chi connectivity index (χ0n) is 8.40. The molecule has 0 N–H and O–H groups in total. The molecule has 0 saturated heterocycles. The van der Waals surface area contributed by atoms with Crippen LogP contribution >= 0.6 is 27.3 Å². The monoisotopic (exact) mass is 324 g/mol. The minimum Gasteiger partial charge on any atom is -0.468 e. The van der Waals surface area contributed by atoms with Crippen molar-refractivity contribution in [2.24, 2.45) is 0 Å². The van der Waals surface area contributed by atoms with Crippen LogP contribution in [0.1, 0.15) is 12.8 Å². The Balaban J connectivity index is 2.44. The minimum absolute atomic E-state index is 0.210. The molecular weight excluding hydrogens is 316 g/mol. The van der Waals surface area contributed by atoms with Crippen molar-refractivity contribution in [1.82, 2.24) is 0 Å². The molecule has 16 heavy (non-hydrogen) atoms. The summed E-state index contributed by atoms with van der Waals surface area (Å²) in [5.74, 6) is -0.656. The highest BCUT2D eigenvalue weighted by Crippen LogP contribution is 2.49. The molecule has 0 atom stereocenters. The molecule has 1 aliphatic rings. The maximum absolute atomic E-state index is 12.2. The van der Waals surface area contributed by atoms with Gasteiger partial charge in [-0.3, -0.25) is 4.79 Å². The summed E-state index contributed by atoms with van der Waals surface area (Å²) in [4.78, 5) is 11.5. The van der Waals surface area contributed by atoms with Gasteiger partial charge in [-0.05, 0) is 40.9 Å². The third-order valence-corrected chi connectivity index (χ3v) is 7.19. The van der Waals surface area contributed by atoms with Crippen LogP contribution in [0.15, 0.2) is 20.1 Å². The van der Waals surface area contributed by atoms with Gasteiger partial charge in [-0.15, -0.1) is 11.3 Å². The summed E-state index contributed by atoms with van der Waals surface area (Å²) in [6, 6.07) is 3.16. The third-order valence-electron chi connectivity index (χ3n) is 2.59. The minimum atomic E-state index is -3.60. The number of thiophene rings is 1. The van der Waals surface area contributed by atoms with Crippen LogP contribution in [-0.4, -0.2) is 26.2 Å². The van der Waals surface area contributed by atoms with Gasteiger partial charge < -0.3 is 4.74 Å². The summed E-state index contributed by atoms with van der Waals surface area (Å²) < 4.78 is 28.6. The predicted molar refractivity (Wildman–Crippen MR) is 63.2 cm³/mol. The molecule has 88 valence electrons. The number of carbonyl (C=O) groups excluding carboxylic acids is 1. The van der Waals surface area contributed by atoms with E-state index in [4.69, 9.17) is 0 Å². The van der Waals surface area contributed by atoms with Gasteiger partial charge in [-0.2, -0.15) is 0 Å². The first-order chi connectivity index (χ1) is 7.44. The van der Waals surface area contributed by atoms with Crippen LogP contribution in [0, 0.1) is 0 Å². The lowest BCUT2D eigenvalue weighted by atomic mass is 10.4. The van der Waals surface area contributed by atoms with E-state index in [1.165, 1.54) is 13.2 Å². The van der Waals surface area contributed by atoms with Crippen LogP contribution in [0.5, 0.6) is 0 Å². The first-order valence-electron chi connectivity index (χ1n) is 4.52. The molecule has 1 aromatic rings. The van der Waals surface area contributed by atoms with Crippen LogP contribution in [0.3, 0.4) is 0 Å². The van der Waals surface area contributed by atoms with Gasteiger partial charge >= 0.3 is 5.97 Å². The van der Waals surface area contributed by atoms with Crippen molar-refractivity contribution < 1.29 is 17.9 Å². The molecule has 0 bridgehead atoms. The zero-order valence-corrected chi connectivity index (χ0v) is 11.6. The van der Waals surface area contributed by atoms with E-state index >= 15 is 0 Å². The normalized spacial score (nSPS) is 18.1. The molecule has 4 nitrogen and oxygen atoms in total. The maximum Gasteiger partial charge on any atom is 0.327 e. The second kappa shape index (κ2) is 3.82. The van der Waals surface area contributed by atoms with E-state index in [9.17, 15) is 13.2 Å². The predicted octanol–water partition coefficient (Wildman–Crippen LogP) is 1.99. The Labute approximate surface area is 106 Å². The number of halogens is 1. The number of hydrogen-bond donors (Lipinski definition) is 0. The summed E-state index contributed by atoms with van der Waals surface area (Å²) in [5, 5.41) is 0. The van der Waals surface area contributed by atoms with Gasteiger partial charge in [-0.25, -0.2) is 8.42 Å². The van der Waals surface area contributed by atoms with Crippen molar-refractivity contribution in [3.05, 3.63) is 15.9 Å². The van der Waals surface area contributed by atoms with Gasteiger partial charge in [0.25, 0.3) is 0 Å². The molecule has 0 aliphatic heterocycles. The van der Waals surface area contributed by atoms with Gasteiger partial charge in [0, 0.05) is 0 Å². The van der Waals surface area contributed by atoms with Crippen LogP contribution in [0.4, 0.5) is 0 Å². The summed E-state index contributed by atoms with van der Waals surface area (Å²) in [6.07, 6.45) is 0.690. The molecule has 2 rings (SSSR count). The number of methoxy groups -OCH3 is 1. The van der Waals surface area contributed by atoms with Crippen molar-refractivity contribution in [3.8, 4) is 0 Å². The Morgan fingerprint density at radius 2 is 2.12 bits per heavy atom. The molecular formula is C9H9BrO4S2. The molecule has 1 heterocycles. The second-order valence-electron chi connectivity index (χ2n) is 3.55. The fourth-order valence-electron chi connectivity index (χ4n) is 1.52. The smallest absolute Gasteiger partial charge is 0.327 e. The van der Waals surface area contributed by atoms with Gasteiger partial charge in [-0.1, -0.05) is 0 Å². The second-order valence-corrected chi connectivity index (χ2v) is 8.50. The molecule has 1 fully saturated rings. The molecule has 0 amide bonds. The largest absolute Gasteiger partial charge is 0.468 e. The molecule has 1 aromatic heterocycles. The van der Waals surface area contributed by atoms with E-state index in [0.29, 0.717) is 12.8 Å². The Morgan fingerprint density at radius 1 is 1.50 bits per heavy atom. The molecule has 1 saturated carbocycles. The van der Waals surface area contributed by atoms with E-state index in [1.807, 2.05) is 0 Å². The lowest BCUT2D eigenvalue weighted by Crippen LogP contribution is -2.33. The summed E-state index contributed by atoms with van der Waals surface area (Å²) in [6.45, 7) is 0. The SMILES string of the molecule is COC(=O)C1(S(=O)(=O)c2ccc(Br)s2)CC1. The van der Waals surface area contributed by atoms with Crippen molar-refractivity contribution in [2.75, 3.05) is 7.11 Å². The fourth-order valence-corrected chi connectivity index (χ4v) is 5.72.